The molecule has 18 heavy (non-hydrogen) atoms. The summed E-state index contributed by atoms with van der Waals surface area (Å²) in [6, 6.07) is 11.7. The van der Waals surface area contributed by atoms with Gasteiger partial charge >= 0.3 is 0 Å². The van der Waals surface area contributed by atoms with E-state index in [2.05, 4.69) is 22.6 Å². The van der Waals surface area contributed by atoms with Crippen LogP contribution < -0.4 is 5.73 Å². The second kappa shape index (κ2) is 5.79. The minimum Gasteiger partial charge on any atom is -0.398 e. The van der Waals surface area contributed by atoms with Crippen LogP contribution in [0.3, 0.4) is 0 Å². The van der Waals surface area contributed by atoms with Crippen molar-refractivity contribution in [3.05, 3.63) is 57.4 Å². The first-order chi connectivity index (χ1) is 8.56. The molecule has 1 unspecified atom stereocenters. The van der Waals surface area contributed by atoms with Crippen molar-refractivity contribution in [1.29, 1.82) is 0 Å². The van der Waals surface area contributed by atoms with Gasteiger partial charge in [-0.15, -0.1) is 0 Å². The van der Waals surface area contributed by atoms with Crippen LogP contribution in [0.2, 0.25) is 0 Å². The number of halogens is 2. The predicted molar refractivity (Wildman–Crippen MR) is 80.1 cm³/mol. The molecule has 0 fully saturated rings. The molecule has 0 heterocycles. The van der Waals surface area contributed by atoms with Crippen LogP contribution in [0.15, 0.2) is 47.4 Å². The SMILES string of the molecule is Nc1ccc(F)cc1S(=O)Cc1ccc(I)cc1. The summed E-state index contributed by atoms with van der Waals surface area (Å²) >= 11 is 2.21. The van der Waals surface area contributed by atoms with Gasteiger partial charge in [-0.05, 0) is 58.5 Å². The molecule has 0 saturated carbocycles. The number of hydrogen-bond acceptors (Lipinski definition) is 2. The maximum atomic E-state index is 13.1. The Morgan fingerprint density at radius 2 is 1.83 bits per heavy atom. The van der Waals surface area contributed by atoms with Gasteiger partial charge in [-0.1, -0.05) is 12.1 Å². The molecule has 2 aromatic rings. The second-order valence-electron chi connectivity index (χ2n) is 3.80. The Morgan fingerprint density at radius 3 is 2.50 bits per heavy atom. The summed E-state index contributed by atoms with van der Waals surface area (Å²) in [5.41, 5.74) is 7.01. The Labute approximate surface area is 121 Å². The summed E-state index contributed by atoms with van der Waals surface area (Å²) < 4.78 is 26.4. The van der Waals surface area contributed by atoms with Gasteiger partial charge in [0.15, 0.2) is 0 Å². The standard InChI is InChI=1S/C13H11FINOS/c14-10-3-6-12(16)13(7-10)18(17)8-9-1-4-11(15)5-2-9/h1-7H,8,16H2. The maximum Gasteiger partial charge on any atom is 0.124 e. The molecule has 0 aliphatic heterocycles. The number of benzene rings is 2. The Kier molecular flexibility index (Phi) is 4.34. The third-order valence-electron chi connectivity index (χ3n) is 2.43. The summed E-state index contributed by atoms with van der Waals surface area (Å²) in [6.45, 7) is 0. The van der Waals surface area contributed by atoms with Crippen LogP contribution in [0.4, 0.5) is 10.1 Å². The van der Waals surface area contributed by atoms with Gasteiger partial charge in [-0.2, -0.15) is 0 Å². The van der Waals surface area contributed by atoms with Crippen molar-refractivity contribution >= 4 is 39.1 Å². The highest BCUT2D eigenvalue weighted by atomic mass is 127. The fraction of sp³-hybridized carbons (Fsp3) is 0.0769. The van der Waals surface area contributed by atoms with E-state index >= 15 is 0 Å². The topological polar surface area (TPSA) is 43.1 Å². The van der Waals surface area contributed by atoms with Gasteiger partial charge in [-0.25, -0.2) is 4.39 Å². The molecular formula is C13H11FINOS. The van der Waals surface area contributed by atoms with Crippen molar-refractivity contribution in [3.63, 3.8) is 0 Å². The molecule has 2 rings (SSSR count). The van der Waals surface area contributed by atoms with E-state index in [0.717, 1.165) is 9.13 Å². The minimum absolute atomic E-state index is 0.338. The zero-order valence-electron chi connectivity index (χ0n) is 9.40. The van der Waals surface area contributed by atoms with Crippen LogP contribution in [0.5, 0.6) is 0 Å². The molecule has 0 radical (unpaired) electrons. The molecule has 0 aromatic heterocycles. The lowest BCUT2D eigenvalue weighted by Gasteiger charge is -2.06. The number of nitrogen functional groups attached to an aromatic ring is 1. The zero-order valence-corrected chi connectivity index (χ0v) is 12.4. The molecule has 0 bridgehead atoms. The largest absolute Gasteiger partial charge is 0.398 e. The molecule has 0 aliphatic rings. The Morgan fingerprint density at radius 1 is 1.17 bits per heavy atom. The van der Waals surface area contributed by atoms with Crippen LogP contribution in [0.25, 0.3) is 0 Å². The molecule has 0 saturated heterocycles. The van der Waals surface area contributed by atoms with E-state index in [1.807, 2.05) is 24.3 Å². The second-order valence-corrected chi connectivity index (χ2v) is 6.46. The molecule has 2 aromatic carbocycles. The summed E-state index contributed by atoms with van der Waals surface area (Å²) in [5, 5.41) is 0. The normalized spacial score (nSPS) is 12.3. The van der Waals surface area contributed by atoms with Crippen molar-refractivity contribution in [2.45, 2.75) is 10.6 Å². The van der Waals surface area contributed by atoms with E-state index in [9.17, 15) is 8.60 Å². The minimum atomic E-state index is -1.33. The highest BCUT2D eigenvalue weighted by Gasteiger charge is 2.10. The first kappa shape index (κ1) is 13.5. The lowest BCUT2D eigenvalue weighted by atomic mass is 10.2. The number of hydrogen-bond donors (Lipinski definition) is 1. The van der Waals surface area contributed by atoms with Gasteiger partial charge in [0.05, 0.1) is 21.4 Å². The zero-order chi connectivity index (χ0) is 13.1. The molecule has 0 spiro atoms. The summed E-state index contributed by atoms with van der Waals surface area (Å²) in [6.07, 6.45) is 0. The van der Waals surface area contributed by atoms with Crippen LogP contribution >= 0.6 is 22.6 Å². The first-order valence-corrected chi connectivity index (χ1v) is 7.64. The highest BCUT2D eigenvalue weighted by molar-refractivity contribution is 14.1. The molecule has 2 N–H and O–H groups in total. The molecule has 0 aliphatic carbocycles. The summed E-state index contributed by atoms with van der Waals surface area (Å²) in [4.78, 5) is 0.355. The van der Waals surface area contributed by atoms with Crippen molar-refractivity contribution in [1.82, 2.24) is 0 Å². The van der Waals surface area contributed by atoms with Crippen molar-refractivity contribution in [2.75, 3.05) is 5.73 Å². The van der Waals surface area contributed by atoms with Crippen LogP contribution in [-0.2, 0) is 16.6 Å². The van der Waals surface area contributed by atoms with E-state index in [-0.39, 0.29) is 0 Å². The number of rotatable bonds is 3. The average Bonchev–Trinajstić information content (AvgIpc) is 2.35. The fourth-order valence-electron chi connectivity index (χ4n) is 1.52. The van der Waals surface area contributed by atoms with Gasteiger partial charge in [0.25, 0.3) is 0 Å². The van der Waals surface area contributed by atoms with E-state index in [0.29, 0.717) is 16.3 Å². The molecular weight excluding hydrogens is 364 g/mol. The van der Waals surface area contributed by atoms with Crippen LogP contribution in [-0.4, -0.2) is 4.21 Å². The Bertz CT molecular complexity index is 586. The van der Waals surface area contributed by atoms with E-state index < -0.39 is 16.6 Å². The lowest BCUT2D eigenvalue weighted by Crippen LogP contribution is -2.01. The Hall–Kier alpha value is -0.950. The van der Waals surface area contributed by atoms with Gasteiger partial charge in [0, 0.05) is 9.26 Å². The van der Waals surface area contributed by atoms with Gasteiger partial charge < -0.3 is 5.73 Å². The van der Waals surface area contributed by atoms with Gasteiger partial charge in [0.1, 0.15) is 5.82 Å². The molecule has 1 atom stereocenters. The fourth-order valence-corrected chi connectivity index (χ4v) is 3.10. The average molecular weight is 375 g/mol. The molecule has 5 heteroatoms. The highest BCUT2D eigenvalue weighted by Crippen LogP contribution is 2.20. The predicted octanol–water partition coefficient (Wildman–Crippen LogP) is 3.32. The van der Waals surface area contributed by atoms with Crippen LogP contribution in [0, 0.1) is 9.39 Å². The van der Waals surface area contributed by atoms with Gasteiger partial charge in [0.2, 0.25) is 0 Å². The van der Waals surface area contributed by atoms with Gasteiger partial charge in [-0.3, -0.25) is 4.21 Å². The smallest absolute Gasteiger partial charge is 0.124 e. The van der Waals surface area contributed by atoms with Crippen molar-refractivity contribution in [2.24, 2.45) is 0 Å². The van der Waals surface area contributed by atoms with Crippen LogP contribution in [0.1, 0.15) is 5.56 Å². The van der Waals surface area contributed by atoms with E-state index in [4.69, 9.17) is 5.73 Å². The third kappa shape index (κ3) is 3.29. The maximum absolute atomic E-state index is 13.1. The number of anilines is 1. The Balaban J connectivity index is 2.21. The third-order valence-corrected chi connectivity index (χ3v) is 4.59. The number of nitrogens with two attached hydrogens (primary N) is 1. The quantitative estimate of drug-likeness (QED) is 0.661. The van der Waals surface area contributed by atoms with Crippen molar-refractivity contribution in [3.8, 4) is 0 Å². The summed E-state index contributed by atoms with van der Waals surface area (Å²) in [7, 11) is -1.33. The summed E-state index contributed by atoms with van der Waals surface area (Å²) in [5.74, 6) is -0.0833. The molecule has 0 amide bonds. The van der Waals surface area contributed by atoms with Crippen molar-refractivity contribution < 1.29 is 8.60 Å². The van der Waals surface area contributed by atoms with E-state index in [1.54, 1.807) is 0 Å². The molecule has 94 valence electrons. The lowest BCUT2D eigenvalue weighted by molar-refractivity contribution is 0.623. The first-order valence-electron chi connectivity index (χ1n) is 5.24. The molecule has 2 nitrogen and oxygen atoms in total. The van der Waals surface area contributed by atoms with E-state index in [1.165, 1.54) is 18.2 Å². The monoisotopic (exact) mass is 375 g/mol.